The molecule has 1 aliphatic carbocycles. The van der Waals surface area contributed by atoms with Crippen molar-refractivity contribution in [1.29, 1.82) is 0 Å². The lowest BCUT2D eigenvalue weighted by Gasteiger charge is -2.14. The molecule has 2 atom stereocenters. The summed E-state index contributed by atoms with van der Waals surface area (Å²) in [6.45, 7) is 2.13. The summed E-state index contributed by atoms with van der Waals surface area (Å²) in [5.74, 6) is 1.11. The number of fused-ring (bicyclic) bond motifs is 1. The Hall–Kier alpha value is -2.66. The molecule has 3 aromatic rings. The van der Waals surface area contributed by atoms with E-state index in [1.54, 1.807) is 7.11 Å². The largest absolute Gasteiger partial charge is 0.497 e. The summed E-state index contributed by atoms with van der Waals surface area (Å²) in [6.07, 6.45) is 1.54. The summed E-state index contributed by atoms with van der Waals surface area (Å²) in [5.41, 5.74) is 4.70. The zero-order valence-corrected chi connectivity index (χ0v) is 16.3. The highest BCUT2D eigenvalue weighted by Gasteiger charge is 2.34. The molecule has 0 aliphatic heterocycles. The number of ether oxygens (including phenoxy) is 1. The molecule has 0 unspecified atom stereocenters. The van der Waals surface area contributed by atoms with Crippen LogP contribution in [0, 0.1) is 5.92 Å². The Bertz CT molecular complexity index is 949. The van der Waals surface area contributed by atoms with Crippen LogP contribution in [0.15, 0.2) is 53.9 Å². The minimum Gasteiger partial charge on any atom is -0.497 e. The maximum Gasteiger partial charge on any atom is 0.230 e. The van der Waals surface area contributed by atoms with Gasteiger partial charge in [0.05, 0.1) is 12.8 Å². The maximum absolute atomic E-state index is 12.8. The van der Waals surface area contributed by atoms with E-state index in [9.17, 15) is 4.79 Å². The van der Waals surface area contributed by atoms with Gasteiger partial charge in [-0.15, -0.1) is 11.3 Å². The molecule has 4 nitrogen and oxygen atoms in total. The molecule has 0 saturated carbocycles. The van der Waals surface area contributed by atoms with E-state index in [4.69, 9.17) is 4.74 Å². The molecule has 0 spiro atoms. The monoisotopic (exact) mass is 378 g/mol. The zero-order valence-electron chi connectivity index (χ0n) is 15.4. The van der Waals surface area contributed by atoms with Crippen molar-refractivity contribution in [3.8, 4) is 5.75 Å². The van der Waals surface area contributed by atoms with Gasteiger partial charge in [0.15, 0.2) is 5.13 Å². The van der Waals surface area contributed by atoms with Gasteiger partial charge in [-0.05, 0) is 41.2 Å². The van der Waals surface area contributed by atoms with Crippen molar-refractivity contribution < 1.29 is 9.53 Å². The molecule has 4 rings (SSSR count). The molecule has 138 valence electrons. The first-order chi connectivity index (χ1) is 13.1. The molecule has 0 fully saturated rings. The minimum absolute atomic E-state index is 0.0312. The summed E-state index contributed by atoms with van der Waals surface area (Å²) >= 11 is 1.48. The number of methoxy groups -OCH3 is 1. The van der Waals surface area contributed by atoms with Crippen molar-refractivity contribution in [1.82, 2.24) is 4.98 Å². The fourth-order valence-corrected chi connectivity index (χ4v) is 4.42. The van der Waals surface area contributed by atoms with Gasteiger partial charge in [0, 0.05) is 17.7 Å². The van der Waals surface area contributed by atoms with Gasteiger partial charge >= 0.3 is 0 Å². The van der Waals surface area contributed by atoms with Gasteiger partial charge in [-0.2, -0.15) is 0 Å². The Balaban J connectivity index is 1.40. The van der Waals surface area contributed by atoms with E-state index in [0.29, 0.717) is 5.13 Å². The SMILES string of the molecule is COc1ccc(Cc2csc(NC(=O)[C@H]3Cc4ccccc4[C@@H]3C)n2)cc1. The fraction of sp³-hybridized carbons (Fsp3) is 0.273. The van der Waals surface area contributed by atoms with E-state index >= 15 is 0 Å². The standard InChI is InChI=1S/C22H22N2O2S/c1-14-19-6-4-3-5-16(19)12-20(14)21(25)24-22-23-17(13-27-22)11-15-7-9-18(26-2)10-8-15/h3-10,13-14,20H,11-12H2,1-2H3,(H,23,24,25)/t14-,20-/m0/s1. The van der Waals surface area contributed by atoms with Crippen LogP contribution in [0.5, 0.6) is 5.75 Å². The second-order valence-electron chi connectivity index (χ2n) is 6.96. The third kappa shape index (κ3) is 3.74. The van der Waals surface area contributed by atoms with Gasteiger partial charge in [-0.25, -0.2) is 4.98 Å². The number of nitrogens with zero attached hydrogens (tertiary/aromatic N) is 1. The lowest BCUT2D eigenvalue weighted by atomic mass is 9.94. The van der Waals surface area contributed by atoms with Crippen LogP contribution in [-0.4, -0.2) is 18.0 Å². The van der Waals surface area contributed by atoms with Crippen LogP contribution in [-0.2, 0) is 17.6 Å². The van der Waals surface area contributed by atoms with Crippen LogP contribution in [0.4, 0.5) is 5.13 Å². The third-order valence-electron chi connectivity index (χ3n) is 5.25. The molecular weight excluding hydrogens is 356 g/mol. The van der Waals surface area contributed by atoms with Gasteiger partial charge in [0.1, 0.15) is 5.75 Å². The second kappa shape index (κ2) is 7.53. The van der Waals surface area contributed by atoms with Gasteiger partial charge in [-0.1, -0.05) is 43.3 Å². The topological polar surface area (TPSA) is 51.2 Å². The average Bonchev–Trinajstić information content (AvgIpc) is 3.27. The summed E-state index contributed by atoms with van der Waals surface area (Å²) in [5, 5.41) is 5.70. The molecule has 1 N–H and O–H groups in total. The lowest BCUT2D eigenvalue weighted by molar-refractivity contribution is -0.120. The molecule has 1 aromatic heterocycles. The Morgan fingerprint density at radius 2 is 2.00 bits per heavy atom. The quantitative estimate of drug-likeness (QED) is 0.703. The van der Waals surface area contributed by atoms with Crippen LogP contribution in [0.2, 0.25) is 0 Å². The first-order valence-electron chi connectivity index (χ1n) is 9.10. The van der Waals surface area contributed by atoms with Crippen molar-refractivity contribution in [2.75, 3.05) is 12.4 Å². The normalized spacial score (nSPS) is 18.1. The van der Waals surface area contributed by atoms with Crippen molar-refractivity contribution >= 4 is 22.4 Å². The highest BCUT2D eigenvalue weighted by atomic mass is 32.1. The molecule has 0 saturated heterocycles. The number of carbonyl (C=O) groups excluding carboxylic acids is 1. The molecule has 1 amide bonds. The van der Waals surface area contributed by atoms with Gasteiger partial charge in [0.25, 0.3) is 0 Å². The molecule has 5 heteroatoms. The lowest BCUT2D eigenvalue weighted by Crippen LogP contribution is -2.25. The average molecular weight is 378 g/mol. The number of amides is 1. The van der Waals surface area contributed by atoms with Crippen molar-refractivity contribution in [3.05, 3.63) is 76.3 Å². The number of benzene rings is 2. The number of carbonyl (C=O) groups is 1. The number of thiazole rings is 1. The van der Waals surface area contributed by atoms with Gasteiger partial charge in [0.2, 0.25) is 5.91 Å². The number of hydrogen-bond acceptors (Lipinski definition) is 4. The number of hydrogen-bond donors (Lipinski definition) is 1. The maximum atomic E-state index is 12.8. The molecule has 27 heavy (non-hydrogen) atoms. The fourth-order valence-electron chi connectivity index (χ4n) is 3.71. The molecular formula is C22H22N2O2S. The molecule has 2 aromatic carbocycles. The third-order valence-corrected chi connectivity index (χ3v) is 6.06. The smallest absolute Gasteiger partial charge is 0.230 e. The van der Waals surface area contributed by atoms with Crippen molar-refractivity contribution in [2.24, 2.45) is 5.92 Å². The van der Waals surface area contributed by atoms with Crippen LogP contribution < -0.4 is 10.1 Å². The molecule has 1 heterocycles. The predicted molar refractivity (Wildman–Crippen MR) is 109 cm³/mol. The number of nitrogens with one attached hydrogen (secondary N) is 1. The van der Waals surface area contributed by atoms with E-state index in [0.717, 1.165) is 24.3 Å². The Morgan fingerprint density at radius 1 is 1.22 bits per heavy atom. The van der Waals surface area contributed by atoms with Crippen molar-refractivity contribution in [2.45, 2.75) is 25.7 Å². The van der Waals surface area contributed by atoms with E-state index in [1.807, 2.05) is 41.8 Å². The van der Waals surface area contributed by atoms with Crippen LogP contribution in [0.1, 0.15) is 35.2 Å². The zero-order chi connectivity index (χ0) is 18.8. The van der Waals surface area contributed by atoms with Gasteiger partial charge < -0.3 is 10.1 Å². The van der Waals surface area contributed by atoms with E-state index in [1.165, 1.54) is 28.0 Å². The second-order valence-corrected chi connectivity index (χ2v) is 7.81. The number of rotatable bonds is 5. The summed E-state index contributed by atoms with van der Waals surface area (Å²) in [4.78, 5) is 17.4. The van der Waals surface area contributed by atoms with Crippen LogP contribution in [0.3, 0.4) is 0 Å². The Labute approximate surface area is 163 Å². The predicted octanol–water partition coefficient (Wildman–Crippen LogP) is 4.66. The minimum atomic E-state index is -0.0312. The van der Waals surface area contributed by atoms with Crippen LogP contribution >= 0.6 is 11.3 Å². The van der Waals surface area contributed by atoms with E-state index in [-0.39, 0.29) is 17.7 Å². The summed E-state index contributed by atoms with van der Waals surface area (Å²) in [6, 6.07) is 16.3. The van der Waals surface area contributed by atoms with E-state index in [2.05, 4.69) is 29.4 Å². The van der Waals surface area contributed by atoms with E-state index < -0.39 is 0 Å². The molecule has 0 bridgehead atoms. The number of anilines is 1. The highest BCUT2D eigenvalue weighted by Crippen LogP contribution is 2.38. The highest BCUT2D eigenvalue weighted by molar-refractivity contribution is 7.13. The van der Waals surface area contributed by atoms with Crippen LogP contribution in [0.25, 0.3) is 0 Å². The molecule has 0 radical (unpaired) electrons. The summed E-state index contributed by atoms with van der Waals surface area (Å²) < 4.78 is 5.19. The van der Waals surface area contributed by atoms with Crippen molar-refractivity contribution in [3.63, 3.8) is 0 Å². The first-order valence-corrected chi connectivity index (χ1v) is 9.98. The Kier molecular flexibility index (Phi) is 4.94. The summed E-state index contributed by atoms with van der Waals surface area (Å²) in [7, 11) is 1.66. The first kappa shape index (κ1) is 17.7. The number of aromatic nitrogens is 1. The molecule has 1 aliphatic rings. The van der Waals surface area contributed by atoms with Gasteiger partial charge in [-0.3, -0.25) is 4.79 Å². The Morgan fingerprint density at radius 3 is 2.74 bits per heavy atom.